The average Bonchev–Trinajstić information content (AvgIpc) is 3.07. The van der Waals surface area contributed by atoms with Crippen molar-refractivity contribution in [3.63, 3.8) is 0 Å². The monoisotopic (exact) mass is 418 g/mol. The van der Waals surface area contributed by atoms with E-state index in [2.05, 4.69) is 13.8 Å². The normalized spacial score (nSPS) is 23.2. The minimum absolute atomic E-state index is 0.0244. The summed E-state index contributed by atoms with van der Waals surface area (Å²) < 4.78 is 33.6. The van der Waals surface area contributed by atoms with E-state index in [0.29, 0.717) is 28.7 Å². The summed E-state index contributed by atoms with van der Waals surface area (Å²) in [6.45, 7) is 4.31. The Morgan fingerprint density at radius 3 is 1.33 bits per heavy atom. The zero-order valence-corrected chi connectivity index (χ0v) is 18.5. The maximum atomic E-state index is 10.2. The van der Waals surface area contributed by atoms with E-state index in [9.17, 15) is 5.11 Å². The fourth-order valence-electron chi connectivity index (χ4n) is 4.07. The van der Waals surface area contributed by atoms with Gasteiger partial charge in [0.2, 0.25) is 11.5 Å². The second-order valence-corrected chi connectivity index (χ2v) is 7.43. The smallest absolute Gasteiger partial charge is 0.203 e. The highest BCUT2D eigenvalue weighted by molar-refractivity contribution is 5.55. The van der Waals surface area contributed by atoms with Crippen molar-refractivity contribution in [1.82, 2.24) is 0 Å². The van der Waals surface area contributed by atoms with E-state index >= 15 is 0 Å². The maximum absolute atomic E-state index is 10.2. The Morgan fingerprint density at radius 2 is 1.00 bits per heavy atom. The number of ether oxygens (including phenoxy) is 6. The van der Waals surface area contributed by atoms with Crippen LogP contribution in [0.5, 0.6) is 34.5 Å². The molecule has 0 aliphatic carbocycles. The van der Waals surface area contributed by atoms with Crippen LogP contribution >= 0.6 is 0 Å². The highest BCUT2D eigenvalue weighted by Crippen LogP contribution is 2.53. The van der Waals surface area contributed by atoms with Crippen molar-refractivity contribution in [2.75, 3.05) is 35.5 Å². The van der Waals surface area contributed by atoms with Crippen LogP contribution in [-0.4, -0.2) is 40.7 Å². The molecule has 1 aliphatic heterocycles. The molecule has 0 aromatic heterocycles. The summed E-state index contributed by atoms with van der Waals surface area (Å²) >= 11 is 0. The molecule has 2 aromatic rings. The first-order valence-electron chi connectivity index (χ1n) is 9.80. The molecule has 30 heavy (non-hydrogen) atoms. The molecule has 0 saturated carbocycles. The van der Waals surface area contributed by atoms with E-state index in [0.717, 1.165) is 11.1 Å². The fraction of sp³-hybridized carbons (Fsp3) is 0.478. The number of rotatable bonds is 7. The Labute approximate surface area is 177 Å². The molecule has 4 atom stereocenters. The molecule has 0 unspecified atom stereocenters. The van der Waals surface area contributed by atoms with Crippen LogP contribution in [-0.2, 0) is 4.74 Å². The largest absolute Gasteiger partial charge is 0.502 e. The van der Waals surface area contributed by atoms with E-state index in [1.165, 1.54) is 14.2 Å². The van der Waals surface area contributed by atoms with Crippen LogP contribution in [0.1, 0.15) is 37.2 Å². The van der Waals surface area contributed by atoms with Crippen LogP contribution in [0.2, 0.25) is 0 Å². The predicted molar refractivity (Wildman–Crippen MR) is 112 cm³/mol. The third-order valence-corrected chi connectivity index (χ3v) is 5.92. The molecule has 7 nitrogen and oxygen atoms in total. The molecule has 7 heteroatoms. The molecule has 0 radical (unpaired) electrons. The first-order chi connectivity index (χ1) is 14.4. The minimum Gasteiger partial charge on any atom is -0.502 e. The van der Waals surface area contributed by atoms with Crippen LogP contribution in [0, 0.1) is 11.8 Å². The zero-order valence-electron chi connectivity index (χ0n) is 18.5. The van der Waals surface area contributed by atoms with E-state index in [4.69, 9.17) is 28.4 Å². The van der Waals surface area contributed by atoms with Gasteiger partial charge in [-0.25, -0.2) is 0 Å². The van der Waals surface area contributed by atoms with Crippen LogP contribution < -0.4 is 23.7 Å². The molecular weight excluding hydrogens is 388 g/mol. The fourth-order valence-corrected chi connectivity index (χ4v) is 4.07. The van der Waals surface area contributed by atoms with Crippen molar-refractivity contribution in [3.05, 3.63) is 35.4 Å². The first-order valence-corrected chi connectivity index (χ1v) is 9.80. The third-order valence-electron chi connectivity index (χ3n) is 5.92. The van der Waals surface area contributed by atoms with Crippen molar-refractivity contribution in [1.29, 1.82) is 0 Å². The SMILES string of the molecule is COc1cc([C@H]2O[C@H](c3cc(OC)c(OC)c(OC)c3)[C@@H](C)[C@@H]2C)cc(OC)c1O. The molecular formula is C23H30O7. The number of methoxy groups -OCH3 is 5. The van der Waals surface area contributed by atoms with E-state index in [-0.39, 0.29) is 29.8 Å². The number of benzene rings is 2. The standard InChI is InChI=1S/C23H30O7/c1-12-13(2)22(15-10-18(27-5)23(29-7)19(11-15)28-6)30-21(12)14-8-16(25-3)20(24)17(9-14)26-4/h8-13,21-22,24H,1-7H3/t12-,13-,21-,22-/m0/s1. The second kappa shape index (κ2) is 8.92. The predicted octanol–water partition coefficient (Wildman–Crippen LogP) is 4.52. The lowest BCUT2D eigenvalue weighted by Gasteiger charge is -2.20. The van der Waals surface area contributed by atoms with Crippen molar-refractivity contribution in [2.45, 2.75) is 26.1 Å². The number of phenolic OH excluding ortho intramolecular Hbond substituents is 1. The molecule has 2 aromatic carbocycles. The Bertz CT molecular complexity index is 845. The van der Waals surface area contributed by atoms with Gasteiger partial charge in [0, 0.05) is 0 Å². The van der Waals surface area contributed by atoms with Gasteiger partial charge in [-0.15, -0.1) is 0 Å². The quantitative estimate of drug-likeness (QED) is 0.708. The maximum Gasteiger partial charge on any atom is 0.203 e. The summed E-state index contributed by atoms with van der Waals surface area (Å²) in [5, 5.41) is 10.2. The van der Waals surface area contributed by atoms with Gasteiger partial charge in [0.05, 0.1) is 47.8 Å². The summed E-state index contributed by atoms with van der Waals surface area (Å²) in [5.41, 5.74) is 1.83. The Hall–Kier alpha value is -2.80. The summed E-state index contributed by atoms with van der Waals surface area (Å²) in [5.74, 6) is 2.82. The van der Waals surface area contributed by atoms with Gasteiger partial charge in [0.25, 0.3) is 0 Å². The van der Waals surface area contributed by atoms with Gasteiger partial charge < -0.3 is 33.5 Å². The first kappa shape index (κ1) is 21.9. The van der Waals surface area contributed by atoms with Crippen molar-refractivity contribution < 1.29 is 33.5 Å². The number of hydrogen-bond acceptors (Lipinski definition) is 7. The highest BCUT2D eigenvalue weighted by atomic mass is 16.5. The van der Waals surface area contributed by atoms with E-state index in [1.807, 2.05) is 12.1 Å². The second-order valence-electron chi connectivity index (χ2n) is 7.43. The molecule has 164 valence electrons. The molecule has 1 N–H and O–H groups in total. The van der Waals surface area contributed by atoms with Gasteiger partial charge >= 0.3 is 0 Å². The molecule has 1 heterocycles. The van der Waals surface area contributed by atoms with Crippen LogP contribution in [0.3, 0.4) is 0 Å². The zero-order chi connectivity index (χ0) is 22.0. The minimum atomic E-state index is -0.201. The van der Waals surface area contributed by atoms with Gasteiger partial charge in [-0.2, -0.15) is 0 Å². The topological polar surface area (TPSA) is 75.6 Å². The number of aromatic hydroxyl groups is 1. The van der Waals surface area contributed by atoms with Crippen molar-refractivity contribution >= 4 is 0 Å². The lowest BCUT2D eigenvalue weighted by molar-refractivity contribution is 0.0285. The van der Waals surface area contributed by atoms with E-state index in [1.54, 1.807) is 33.5 Å². The Morgan fingerprint density at radius 1 is 0.633 bits per heavy atom. The molecule has 1 aliphatic rings. The summed E-state index contributed by atoms with van der Waals surface area (Å²) in [4.78, 5) is 0. The van der Waals surface area contributed by atoms with Gasteiger partial charge in [-0.05, 0) is 47.2 Å². The van der Waals surface area contributed by atoms with Crippen LogP contribution in [0.4, 0.5) is 0 Å². The summed E-state index contributed by atoms with van der Waals surface area (Å²) in [6.07, 6.45) is -0.378. The molecule has 0 bridgehead atoms. The Kier molecular flexibility index (Phi) is 6.51. The van der Waals surface area contributed by atoms with Crippen LogP contribution in [0.15, 0.2) is 24.3 Å². The lowest BCUT2D eigenvalue weighted by atomic mass is 9.85. The molecule has 1 fully saturated rings. The lowest BCUT2D eigenvalue weighted by Crippen LogP contribution is -2.10. The Balaban J connectivity index is 2.00. The molecule has 0 amide bonds. The average molecular weight is 418 g/mol. The van der Waals surface area contributed by atoms with Gasteiger partial charge in [-0.3, -0.25) is 0 Å². The van der Waals surface area contributed by atoms with Gasteiger partial charge in [-0.1, -0.05) is 13.8 Å². The van der Waals surface area contributed by atoms with Crippen LogP contribution in [0.25, 0.3) is 0 Å². The third kappa shape index (κ3) is 3.69. The summed E-state index contributed by atoms with van der Waals surface area (Å²) in [7, 11) is 7.80. The van der Waals surface area contributed by atoms with Crippen molar-refractivity contribution in [2.24, 2.45) is 11.8 Å². The molecule has 3 rings (SSSR count). The van der Waals surface area contributed by atoms with Gasteiger partial charge in [0.15, 0.2) is 23.0 Å². The van der Waals surface area contributed by atoms with E-state index < -0.39 is 0 Å². The highest BCUT2D eigenvalue weighted by Gasteiger charge is 2.41. The molecule has 1 saturated heterocycles. The number of phenols is 1. The summed E-state index contributed by atoms with van der Waals surface area (Å²) in [6, 6.07) is 7.44. The molecule has 0 spiro atoms. The number of hydrogen-bond donors (Lipinski definition) is 1. The van der Waals surface area contributed by atoms with Crippen molar-refractivity contribution in [3.8, 4) is 34.5 Å². The van der Waals surface area contributed by atoms with Gasteiger partial charge in [0.1, 0.15) is 0 Å².